The van der Waals surface area contributed by atoms with E-state index in [2.05, 4.69) is 33.6 Å². The lowest BCUT2D eigenvalue weighted by atomic mass is 10.3. The van der Waals surface area contributed by atoms with Gasteiger partial charge in [-0.2, -0.15) is 0 Å². The van der Waals surface area contributed by atoms with Crippen molar-refractivity contribution in [2.75, 3.05) is 39.5 Å². The lowest BCUT2D eigenvalue weighted by molar-refractivity contribution is -0.137. The van der Waals surface area contributed by atoms with Crippen LogP contribution in [0.1, 0.15) is 19.8 Å². The van der Waals surface area contributed by atoms with Gasteiger partial charge in [-0.3, -0.25) is 4.90 Å². The Bertz CT molecular complexity index is 316. The molecule has 0 saturated heterocycles. The third-order valence-corrected chi connectivity index (χ3v) is 2.87. The first-order chi connectivity index (χ1) is 10.1. The normalized spacial score (nSPS) is 10.2. The molecule has 0 aliphatic heterocycles. The van der Waals surface area contributed by atoms with Gasteiger partial charge in [-0.15, -0.1) is 0 Å². The summed E-state index contributed by atoms with van der Waals surface area (Å²) in [5.74, 6) is -0.417. The number of amides is 1. The highest BCUT2D eigenvalue weighted by molar-refractivity contribution is 7.10. The molecule has 0 aliphatic rings. The molecule has 0 rings (SSSR count). The van der Waals surface area contributed by atoms with Gasteiger partial charge in [-0.1, -0.05) is 19.9 Å². The number of ether oxygens (including phenoxy) is 1. The fourth-order valence-corrected chi connectivity index (χ4v) is 1.61. The van der Waals surface area contributed by atoms with Crippen LogP contribution in [0.5, 0.6) is 0 Å². The van der Waals surface area contributed by atoms with Gasteiger partial charge in [0.2, 0.25) is 0 Å². The lowest BCUT2D eigenvalue weighted by Gasteiger charge is -2.22. The summed E-state index contributed by atoms with van der Waals surface area (Å²) < 4.78 is 9.30. The molecular formula is C13H26N3O4P. The van der Waals surface area contributed by atoms with Crippen LogP contribution in [-0.2, 0) is 14.1 Å². The van der Waals surface area contributed by atoms with Crippen LogP contribution in [0.2, 0.25) is 0 Å². The van der Waals surface area contributed by atoms with Crippen molar-refractivity contribution in [1.82, 2.24) is 15.5 Å². The number of esters is 1. The minimum absolute atomic E-state index is 0.310. The Balaban J connectivity index is 3.81. The molecule has 0 aromatic carbocycles. The van der Waals surface area contributed by atoms with Crippen molar-refractivity contribution in [3.63, 3.8) is 0 Å². The van der Waals surface area contributed by atoms with E-state index in [0.717, 1.165) is 32.0 Å². The molecule has 8 heteroatoms. The number of nitrogens with one attached hydrogen (secondary N) is 2. The van der Waals surface area contributed by atoms with E-state index in [1.54, 1.807) is 0 Å². The number of hydrogen-bond donors (Lipinski definition) is 2. The third kappa shape index (κ3) is 12.3. The summed E-state index contributed by atoms with van der Waals surface area (Å²) in [6.45, 7) is 9.19. The minimum Gasteiger partial charge on any atom is -0.461 e. The summed E-state index contributed by atoms with van der Waals surface area (Å²) >= 11 is 0. The van der Waals surface area contributed by atoms with Crippen LogP contribution in [-0.4, -0.2) is 56.4 Å². The maximum atomic E-state index is 11.0. The largest absolute Gasteiger partial charge is 0.461 e. The highest BCUT2D eigenvalue weighted by Gasteiger charge is 2.05. The quantitative estimate of drug-likeness (QED) is 0.183. The Labute approximate surface area is 128 Å². The van der Waals surface area contributed by atoms with Crippen LogP contribution in [0.15, 0.2) is 12.7 Å². The Morgan fingerprint density at radius 3 is 2.71 bits per heavy atom. The van der Waals surface area contributed by atoms with Gasteiger partial charge >= 0.3 is 12.1 Å². The first-order valence-corrected chi connectivity index (χ1v) is 7.48. The topological polar surface area (TPSA) is 79.9 Å². The zero-order chi connectivity index (χ0) is 15.9. The van der Waals surface area contributed by atoms with E-state index in [1.807, 2.05) is 9.47 Å². The summed E-state index contributed by atoms with van der Waals surface area (Å²) in [4.78, 5) is 24.0. The van der Waals surface area contributed by atoms with E-state index in [-0.39, 0.29) is 0 Å². The standard InChI is InChI=1S/C13H26N3O4P/c1-3-5-8-16(9-6-15-13(18)20-21)11-14-7-10-19-12(17)4-2/h4,14H,2-3,5-11,21H2,1H3,(H,15,18). The highest BCUT2D eigenvalue weighted by atomic mass is 31.0. The predicted octanol–water partition coefficient (Wildman–Crippen LogP) is 0.881. The van der Waals surface area contributed by atoms with Gasteiger partial charge in [0.25, 0.3) is 0 Å². The molecule has 0 heterocycles. The molecule has 0 aliphatic carbocycles. The fourth-order valence-electron chi connectivity index (χ4n) is 1.53. The summed E-state index contributed by atoms with van der Waals surface area (Å²) in [5.41, 5.74) is 0. The fraction of sp³-hybridized carbons (Fsp3) is 0.692. The third-order valence-electron chi connectivity index (χ3n) is 2.66. The van der Waals surface area contributed by atoms with Crippen LogP contribution in [0, 0.1) is 0 Å². The number of carbonyl (C=O) groups excluding carboxylic acids is 2. The number of hydrogen-bond acceptors (Lipinski definition) is 6. The monoisotopic (exact) mass is 319 g/mol. The highest BCUT2D eigenvalue weighted by Crippen LogP contribution is 1.93. The summed E-state index contributed by atoms with van der Waals surface area (Å²) in [7, 11) is 1.91. The van der Waals surface area contributed by atoms with E-state index in [0.29, 0.717) is 26.4 Å². The van der Waals surface area contributed by atoms with Crippen molar-refractivity contribution < 1.29 is 18.8 Å². The molecule has 2 N–H and O–H groups in total. The predicted molar refractivity (Wildman–Crippen MR) is 84.7 cm³/mol. The molecule has 0 aromatic heterocycles. The van der Waals surface area contributed by atoms with E-state index in [9.17, 15) is 9.59 Å². The Morgan fingerprint density at radius 2 is 2.10 bits per heavy atom. The zero-order valence-electron chi connectivity index (χ0n) is 12.6. The van der Waals surface area contributed by atoms with Gasteiger partial charge in [-0.25, -0.2) is 9.59 Å². The summed E-state index contributed by atoms with van der Waals surface area (Å²) in [6, 6.07) is 0. The van der Waals surface area contributed by atoms with Gasteiger partial charge < -0.3 is 19.9 Å². The van der Waals surface area contributed by atoms with Crippen molar-refractivity contribution in [3.05, 3.63) is 12.7 Å². The molecule has 1 amide bonds. The first kappa shape index (κ1) is 19.8. The molecule has 0 aromatic rings. The lowest BCUT2D eigenvalue weighted by Crippen LogP contribution is -2.41. The first-order valence-electron chi connectivity index (χ1n) is 7.00. The molecule has 21 heavy (non-hydrogen) atoms. The van der Waals surface area contributed by atoms with Crippen LogP contribution in [0.3, 0.4) is 0 Å². The molecule has 7 nitrogen and oxygen atoms in total. The number of carbonyl (C=O) groups is 2. The van der Waals surface area contributed by atoms with Crippen molar-refractivity contribution >= 4 is 21.5 Å². The maximum absolute atomic E-state index is 11.0. The Morgan fingerprint density at radius 1 is 1.33 bits per heavy atom. The van der Waals surface area contributed by atoms with Gasteiger partial charge in [-0.05, 0) is 13.0 Å². The molecule has 1 unspecified atom stereocenters. The van der Waals surface area contributed by atoms with Gasteiger partial charge in [0, 0.05) is 32.4 Å². The van der Waals surface area contributed by atoms with Crippen LogP contribution >= 0.6 is 9.47 Å². The van der Waals surface area contributed by atoms with Gasteiger partial charge in [0.1, 0.15) is 6.61 Å². The van der Waals surface area contributed by atoms with E-state index < -0.39 is 12.1 Å². The zero-order valence-corrected chi connectivity index (χ0v) is 13.8. The minimum atomic E-state index is -0.459. The number of nitrogens with zero attached hydrogens (tertiary/aromatic N) is 1. The van der Waals surface area contributed by atoms with Gasteiger partial charge in [0.05, 0.1) is 9.47 Å². The van der Waals surface area contributed by atoms with E-state index in [4.69, 9.17) is 4.74 Å². The molecular weight excluding hydrogens is 293 g/mol. The number of rotatable bonds is 12. The second-order valence-corrected chi connectivity index (χ2v) is 4.57. The average molecular weight is 319 g/mol. The van der Waals surface area contributed by atoms with Crippen molar-refractivity contribution in [1.29, 1.82) is 0 Å². The van der Waals surface area contributed by atoms with Crippen molar-refractivity contribution in [2.45, 2.75) is 19.8 Å². The second-order valence-electron chi connectivity index (χ2n) is 4.33. The van der Waals surface area contributed by atoms with Crippen molar-refractivity contribution in [3.8, 4) is 0 Å². The number of unbranched alkanes of at least 4 members (excludes halogenated alkanes) is 1. The molecule has 0 fully saturated rings. The van der Waals surface area contributed by atoms with Gasteiger partial charge in [0.15, 0.2) is 0 Å². The SMILES string of the molecule is C=CC(=O)OCCNCN(CCCC)CCNC(=O)OP. The molecule has 0 radical (unpaired) electrons. The van der Waals surface area contributed by atoms with Crippen LogP contribution in [0.4, 0.5) is 4.79 Å². The smallest absolute Gasteiger partial charge is 0.409 e. The molecule has 0 bridgehead atoms. The molecule has 0 saturated carbocycles. The van der Waals surface area contributed by atoms with Crippen LogP contribution in [0.25, 0.3) is 0 Å². The maximum Gasteiger partial charge on any atom is 0.409 e. The summed E-state index contributed by atoms with van der Waals surface area (Å²) in [5, 5.41) is 5.82. The van der Waals surface area contributed by atoms with E-state index in [1.165, 1.54) is 0 Å². The van der Waals surface area contributed by atoms with E-state index >= 15 is 0 Å². The average Bonchev–Trinajstić information content (AvgIpc) is 2.50. The van der Waals surface area contributed by atoms with Crippen LogP contribution < -0.4 is 10.6 Å². The molecule has 122 valence electrons. The Kier molecular flexibility index (Phi) is 13.0. The Hall–Kier alpha value is -1.17. The van der Waals surface area contributed by atoms with Crippen molar-refractivity contribution in [2.24, 2.45) is 0 Å². The summed E-state index contributed by atoms with van der Waals surface area (Å²) in [6.07, 6.45) is 2.87. The second kappa shape index (κ2) is 13.8. The molecule has 0 spiro atoms. The molecule has 1 atom stereocenters.